The molecule has 0 aromatic heterocycles. The number of nitrogens with two attached hydrogens (primary N) is 1. The zero-order chi connectivity index (χ0) is 11.4. The zero-order valence-electron chi connectivity index (χ0n) is 10.7. The lowest BCUT2D eigenvalue weighted by atomic mass is 10.0. The number of rotatable bonds is 4. The molecule has 0 spiro atoms. The smallest absolute Gasteiger partial charge is 0.0219 e. The number of likely N-dealkylation sites (N-methyl/N-ethyl adjacent to an activating group) is 1. The summed E-state index contributed by atoms with van der Waals surface area (Å²) in [5.41, 5.74) is 5.86. The van der Waals surface area contributed by atoms with Gasteiger partial charge in [0.2, 0.25) is 0 Å². The van der Waals surface area contributed by atoms with Gasteiger partial charge in [-0.15, -0.1) is 0 Å². The highest BCUT2D eigenvalue weighted by Gasteiger charge is 2.29. The van der Waals surface area contributed by atoms with Crippen molar-refractivity contribution in [2.24, 2.45) is 5.73 Å². The van der Waals surface area contributed by atoms with Crippen molar-refractivity contribution in [2.45, 2.75) is 51.7 Å². The van der Waals surface area contributed by atoms with Crippen molar-refractivity contribution in [1.29, 1.82) is 0 Å². The molecule has 0 saturated carbocycles. The summed E-state index contributed by atoms with van der Waals surface area (Å²) in [5, 5.41) is 0. The van der Waals surface area contributed by atoms with Gasteiger partial charge in [-0.2, -0.15) is 0 Å². The highest BCUT2D eigenvalue weighted by molar-refractivity contribution is 4.86. The van der Waals surface area contributed by atoms with Crippen LogP contribution in [0, 0.1) is 0 Å². The van der Waals surface area contributed by atoms with Crippen LogP contribution in [0.4, 0.5) is 0 Å². The molecule has 0 aromatic carbocycles. The lowest BCUT2D eigenvalue weighted by Crippen LogP contribution is -2.58. The fourth-order valence-electron chi connectivity index (χ4n) is 2.53. The molecule has 90 valence electrons. The van der Waals surface area contributed by atoms with Gasteiger partial charge in [0.1, 0.15) is 0 Å². The fourth-order valence-corrected chi connectivity index (χ4v) is 2.53. The minimum absolute atomic E-state index is 0.591. The van der Waals surface area contributed by atoms with E-state index in [0.29, 0.717) is 18.1 Å². The van der Waals surface area contributed by atoms with Crippen LogP contribution < -0.4 is 5.73 Å². The van der Waals surface area contributed by atoms with Crippen LogP contribution in [0.5, 0.6) is 0 Å². The normalized spacial score (nSPS) is 31.8. The van der Waals surface area contributed by atoms with Crippen LogP contribution in [-0.2, 0) is 0 Å². The van der Waals surface area contributed by atoms with Crippen LogP contribution in [0.2, 0.25) is 0 Å². The second-order valence-electron chi connectivity index (χ2n) is 5.00. The molecule has 1 rings (SSSR count). The third-order valence-corrected chi connectivity index (χ3v) is 3.80. The molecule has 3 heteroatoms. The van der Waals surface area contributed by atoms with Crippen molar-refractivity contribution in [1.82, 2.24) is 9.80 Å². The van der Waals surface area contributed by atoms with Gasteiger partial charge in [-0.3, -0.25) is 9.80 Å². The standard InChI is InChI=1S/C12H27N3/c1-5-6-12(7-13)15-8-10(2)14(4)11(3)9-15/h10-12H,5-9,13H2,1-4H3. The predicted molar refractivity (Wildman–Crippen MR) is 66.0 cm³/mol. The molecular formula is C12H27N3. The first kappa shape index (κ1) is 12.9. The van der Waals surface area contributed by atoms with Crippen molar-refractivity contribution >= 4 is 0 Å². The van der Waals surface area contributed by atoms with Gasteiger partial charge in [0, 0.05) is 37.8 Å². The van der Waals surface area contributed by atoms with E-state index in [0.717, 1.165) is 6.54 Å². The van der Waals surface area contributed by atoms with E-state index in [9.17, 15) is 0 Å². The van der Waals surface area contributed by atoms with E-state index in [2.05, 4.69) is 37.6 Å². The molecule has 0 aliphatic carbocycles. The maximum absolute atomic E-state index is 5.86. The number of hydrogen-bond donors (Lipinski definition) is 1. The second-order valence-corrected chi connectivity index (χ2v) is 5.00. The summed E-state index contributed by atoms with van der Waals surface area (Å²) >= 11 is 0. The van der Waals surface area contributed by atoms with Crippen molar-refractivity contribution < 1.29 is 0 Å². The summed E-state index contributed by atoms with van der Waals surface area (Å²) in [6.07, 6.45) is 2.47. The fraction of sp³-hybridized carbons (Fsp3) is 1.00. The topological polar surface area (TPSA) is 32.5 Å². The molecule has 1 saturated heterocycles. The summed E-state index contributed by atoms with van der Waals surface area (Å²) in [6, 6.07) is 1.90. The average Bonchev–Trinajstić information content (AvgIpc) is 2.22. The van der Waals surface area contributed by atoms with Crippen molar-refractivity contribution in [3.8, 4) is 0 Å². The molecule has 1 aliphatic heterocycles. The largest absolute Gasteiger partial charge is 0.329 e. The van der Waals surface area contributed by atoms with Crippen LogP contribution in [0.15, 0.2) is 0 Å². The van der Waals surface area contributed by atoms with Crippen LogP contribution >= 0.6 is 0 Å². The molecule has 3 nitrogen and oxygen atoms in total. The van der Waals surface area contributed by atoms with Crippen molar-refractivity contribution in [3.05, 3.63) is 0 Å². The summed E-state index contributed by atoms with van der Waals surface area (Å²) < 4.78 is 0. The number of piperazine rings is 1. The Morgan fingerprint density at radius 1 is 1.27 bits per heavy atom. The maximum Gasteiger partial charge on any atom is 0.0219 e. The Morgan fingerprint density at radius 3 is 2.20 bits per heavy atom. The molecule has 3 unspecified atom stereocenters. The number of nitrogens with zero attached hydrogens (tertiary/aromatic N) is 2. The average molecular weight is 213 g/mol. The van der Waals surface area contributed by atoms with Crippen molar-refractivity contribution in [2.75, 3.05) is 26.7 Å². The van der Waals surface area contributed by atoms with E-state index < -0.39 is 0 Å². The number of hydrogen-bond acceptors (Lipinski definition) is 3. The Bertz CT molecular complexity index is 172. The molecule has 1 fully saturated rings. The van der Waals surface area contributed by atoms with Gasteiger partial charge < -0.3 is 5.73 Å². The molecule has 3 atom stereocenters. The molecule has 0 radical (unpaired) electrons. The van der Waals surface area contributed by atoms with Gasteiger partial charge in [-0.25, -0.2) is 0 Å². The molecule has 2 N–H and O–H groups in total. The highest BCUT2D eigenvalue weighted by Crippen LogP contribution is 2.17. The molecule has 0 aromatic rings. The molecule has 1 aliphatic rings. The Hall–Kier alpha value is -0.120. The maximum atomic E-state index is 5.86. The lowest BCUT2D eigenvalue weighted by molar-refractivity contribution is 0.0333. The first-order chi connectivity index (χ1) is 7.10. The Kier molecular flexibility index (Phi) is 5.03. The third-order valence-electron chi connectivity index (χ3n) is 3.80. The Morgan fingerprint density at radius 2 is 1.80 bits per heavy atom. The third kappa shape index (κ3) is 3.16. The highest BCUT2D eigenvalue weighted by atomic mass is 15.3. The van der Waals surface area contributed by atoms with Gasteiger partial charge in [-0.1, -0.05) is 13.3 Å². The quantitative estimate of drug-likeness (QED) is 0.760. The molecular weight excluding hydrogens is 186 g/mol. The minimum Gasteiger partial charge on any atom is -0.329 e. The summed E-state index contributed by atoms with van der Waals surface area (Å²) in [4.78, 5) is 5.05. The second kappa shape index (κ2) is 5.83. The summed E-state index contributed by atoms with van der Waals surface area (Å²) in [7, 11) is 2.23. The monoisotopic (exact) mass is 213 g/mol. The van der Waals surface area contributed by atoms with E-state index in [1.165, 1.54) is 25.9 Å². The molecule has 1 heterocycles. The SMILES string of the molecule is CCCC(CN)N1CC(C)N(C)C(C)C1. The van der Waals surface area contributed by atoms with E-state index >= 15 is 0 Å². The molecule has 15 heavy (non-hydrogen) atoms. The van der Waals surface area contributed by atoms with E-state index in [1.807, 2.05) is 0 Å². The van der Waals surface area contributed by atoms with Crippen LogP contribution in [-0.4, -0.2) is 54.6 Å². The molecule has 0 amide bonds. The van der Waals surface area contributed by atoms with Gasteiger partial charge in [-0.05, 0) is 27.3 Å². The van der Waals surface area contributed by atoms with E-state index in [4.69, 9.17) is 5.73 Å². The summed E-state index contributed by atoms with van der Waals surface area (Å²) in [5.74, 6) is 0. The minimum atomic E-state index is 0.591. The van der Waals surface area contributed by atoms with Crippen LogP contribution in [0.3, 0.4) is 0 Å². The summed E-state index contributed by atoms with van der Waals surface area (Å²) in [6.45, 7) is 10.00. The van der Waals surface area contributed by atoms with Gasteiger partial charge in [0.05, 0.1) is 0 Å². The van der Waals surface area contributed by atoms with Crippen molar-refractivity contribution in [3.63, 3.8) is 0 Å². The van der Waals surface area contributed by atoms with E-state index in [-0.39, 0.29) is 0 Å². The first-order valence-corrected chi connectivity index (χ1v) is 6.26. The van der Waals surface area contributed by atoms with E-state index in [1.54, 1.807) is 0 Å². The Labute approximate surface area is 94.6 Å². The predicted octanol–water partition coefficient (Wildman–Crippen LogP) is 1.14. The lowest BCUT2D eigenvalue weighted by Gasteiger charge is -2.45. The Balaban J connectivity index is 2.55. The molecule has 0 bridgehead atoms. The van der Waals surface area contributed by atoms with Gasteiger partial charge in [0.25, 0.3) is 0 Å². The van der Waals surface area contributed by atoms with Gasteiger partial charge >= 0.3 is 0 Å². The van der Waals surface area contributed by atoms with Gasteiger partial charge in [0.15, 0.2) is 0 Å². The van der Waals surface area contributed by atoms with Crippen LogP contribution in [0.25, 0.3) is 0 Å². The first-order valence-electron chi connectivity index (χ1n) is 6.26. The van der Waals surface area contributed by atoms with Crippen LogP contribution in [0.1, 0.15) is 33.6 Å². The zero-order valence-corrected chi connectivity index (χ0v) is 10.7.